The first kappa shape index (κ1) is 14.3. The van der Waals surface area contributed by atoms with Gasteiger partial charge in [-0.2, -0.15) is 0 Å². The van der Waals surface area contributed by atoms with E-state index >= 15 is 0 Å². The number of hydrogen-bond donors (Lipinski definition) is 1. The van der Waals surface area contributed by atoms with Gasteiger partial charge in [-0.25, -0.2) is 4.79 Å². The first-order chi connectivity index (χ1) is 10.5. The summed E-state index contributed by atoms with van der Waals surface area (Å²) in [5, 5.41) is 20.2. The summed E-state index contributed by atoms with van der Waals surface area (Å²) in [6.07, 6.45) is 1.17. The molecule has 0 spiro atoms. The van der Waals surface area contributed by atoms with Crippen LogP contribution in [0.25, 0.3) is 0 Å². The van der Waals surface area contributed by atoms with Crippen LogP contribution in [0.4, 0.5) is 0 Å². The summed E-state index contributed by atoms with van der Waals surface area (Å²) >= 11 is 0. The van der Waals surface area contributed by atoms with Gasteiger partial charge < -0.3 is 15.0 Å². The molecular formula is C18H15O4-. The Labute approximate surface area is 128 Å². The van der Waals surface area contributed by atoms with E-state index in [0.717, 1.165) is 22.3 Å². The molecule has 1 N–H and O–H groups in total. The van der Waals surface area contributed by atoms with Gasteiger partial charge in [0.2, 0.25) is 0 Å². The molecule has 0 bridgehead atoms. The van der Waals surface area contributed by atoms with E-state index in [0.29, 0.717) is 12.8 Å². The highest BCUT2D eigenvalue weighted by atomic mass is 16.4. The minimum absolute atomic E-state index is 0.0306. The molecule has 1 unspecified atom stereocenters. The Bertz CT molecular complexity index is 749. The topological polar surface area (TPSA) is 77.4 Å². The maximum atomic E-state index is 11.1. The Balaban J connectivity index is 2.08. The van der Waals surface area contributed by atoms with Crippen LogP contribution in [0.1, 0.15) is 45.0 Å². The van der Waals surface area contributed by atoms with E-state index < -0.39 is 11.9 Å². The van der Waals surface area contributed by atoms with Gasteiger partial charge >= 0.3 is 5.97 Å². The zero-order valence-corrected chi connectivity index (χ0v) is 11.9. The molecule has 0 saturated heterocycles. The molecule has 0 fully saturated rings. The number of aromatic carboxylic acids is 1. The van der Waals surface area contributed by atoms with Gasteiger partial charge in [-0.1, -0.05) is 30.3 Å². The van der Waals surface area contributed by atoms with Gasteiger partial charge in [-0.15, -0.1) is 0 Å². The van der Waals surface area contributed by atoms with Gasteiger partial charge in [-0.3, -0.25) is 0 Å². The van der Waals surface area contributed by atoms with Crippen LogP contribution in [0.15, 0.2) is 42.5 Å². The van der Waals surface area contributed by atoms with Gasteiger partial charge in [0.05, 0.1) is 5.56 Å². The van der Waals surface area contributed by atoms with E-state index in [2.05, 4.69) is 0 Å². The fourth-order valence-corrected chi connectivity index (χ4v) is 3.18. The lowest BCUT2D eigenvalue weighted by Crippen LogP contribution is -2.25. The number of benzene rings is 2. The maximum Gasteiger partial charge on any atom is 0.335 e. The highest BCUT2D eigenvalue weighted by Crippen LogP contribution is 2.34. The normalized spacial score (nSPS) is 16.3. The van der Waals surface area contributed by atoms with Gasteiger partial charge in [-0.05, 0) is 59.6 Å². The second-order valence-electron chi connectivity index (χ2n) is 5.64. The molecule has 0 radical (unpaired) electrons. The highest BCUT2D eigenvalue weighted by Gasteiger charge is 2.22. The summed E-state index contributed by atoms with van der Waals surface area (Å²) in [6, 6.07) is 12.8. The Morgan fingerprint density at radius 2 is 1.86 bits per heavy atom. The van der Waals surface area contributed by atoms with Crippen molar-refractivity contribution in [2.75, 3.05) is 0 Å². The van der Waals surface area contributed by atoms with E-state index in [1.54, 1.807) is 18.2 Å². The molecule has 0 amide bonds. The number of carbonyl (C=O) groups is 2. The predicted octanol–water partition coefficient (Wildman–Crippen LogP) is 1.76. The van der Waals surface area contributed by atoms with Crippen LogP contribution in [0, 0.1) is 0 Å². The van der Waals surface area contributed by atoms with Crippen LogP contribution in [0.3, 0.4) is 0 Å². The second-order valence-corrected chi connectivity index (χ2v) is 5.64. The predicted molar refractivity (Wildman–Crippen MR) is 78.7 cm³/mol. The fraction of sp³-hybridized carbons (Fsp3) is 0.222. The first-order valence-electron chi connectivity index (χ1n) is 7.17. The van der Waals surface area contributed by atoms with Crippen LogP contribution >= 0.6 is 0 Å². The van der Waals surface area contributed by atoms with Crippen LogP contribution < -0.4 is 5.11 Å². The second kappa shape index (κ2) is 5.64. The molecule has 0 saturated carbocycles. The average Bonchev–Trinajstić information content (AvgIpc) is 2.62. The molecule has 22 heavy (non-hydrogen) atoms. The minimum atomic E-state index is -1.06. The quantitative estimate of drug-likeness (QED) is 0.936. The largest absolute Gasteiger partial charge is 0.550 e. The molecule has 2 aromatic rings. The third kappa shape index (κ3) is 2.72. The Morgan fingerprint density at radius 3 is 2.59 bits per heavy atom. The molecule has 4 heteroatoms. The Morgan fingerprint density at radius 1 is 1.09 bits per heavy atom. The van der Waals surface area contributed by atoms with Crippen molar-refractivity contribution in [3.05, 3.63) is 70.3 Å². The Kier molecular flexibility index (Phi) is 3.67. The number of hydrogen-bond acceptors (Lipinski definition) is 3. The van der Waals surface area contributed by atoms with Crippen molar-refractivity contribution in [2.45, 2.75) is 25.2 Å². The van der Waals surface area contributed by atoms with Crippen molar-refractivity contribution in [3.63, 3.8) is 0 Å². The number of carbonyl (C=O) groups excluding carboxylic acids is 1. The lowest BCUT2D eigenvalue weighted by atomic mass is 9.89. The van der Waals surface area contributed by atoms with Crippen molar-refractivity contribution in [1.29, 1.82) is 0 Å². The monoisotopic (exact) mass is 295 g/mol. The summed E-state index contributed by atoms with van der Waals surface area (Å²) in [7, 11) is 0. The van der Waals surface area contributed by atoms with E-state index in [4.69, 9.17) is 5.11 Å². The summed E-state index contributed by atoms with van der Waals surface area (Å²) in [4.78, 5) is 22.2. The molecule has 1 aliphatic carbocycles. The third-order valence-corrected chi connectivity index (χ3v) is 4.21. The van der Waals surface area contributed by atoms with Crippen LogP contribution in [0.2, 0.25) is 0 Å². The zero-order valence-electron chi connectivity index (χ0n) is 11.9. The summed E-state index contributed by atoms with van der Waals surface area (Å²) in [5.41, 5.74) is 4.28. The molecule has 3 rings (SSSR count). The summed E-state index contributed by atoms with van der Waals surface area (Å²) in [5.74, 6) is -2.16. The van der Waals surface area contributed by atoms with Gasteiger partial charge in [0, 0.05) is 5.97 Å². The van der Waals surface area contributed by atoms with Gasteiger partial charge in [0.1, 0.15) is 0 Å². The molecule has 1 aliphatic rings. The third-order valence-electron chi connectivity index (χ3n) is 4.21. The van der Waals surface area contributed by atoms with E-state index in [9.17, 15) is 14.7 Å². The van der Waals surface area contributed by atoms with Crippen molar-refractivity contribution in [3.8, 4) is 0 Å². The van der Waals surface area contributed by atoms with Crippen LogP contribution in [-0.2, 0) is 17.6 Å². The molecular weight excluding hydrogens is 280 g/mol. The molecule has 1 atom stereocenters. The number of fused-ring (bicyclic) bond motifs is 2. The first-order valence-corrected chi connectivity index (χ1v) is 7.17. The van der Waals surface area contributed by atoms with Crippen molar-refractivity contribution in [2.24, 2.45) is 0 Å². The number of carboxylic acid groups (broad SMARTS) is 2. The lowest BCUT2D eigenvalue weighted by Gasteiger charge is -2.18. The zero-order chi connectivity index (χ0) is 15.7. The fourth-order valence-electron chi connectivity index (χ4n) is 3.18. The smallest absolute Gasteiger partial charge is 0.335 e. The minimum Gasteiger partial charge on any atom is -0.550 e. The molecule has 0 aliphatic heterocycles. The van der Waals surface area contributed by atoms with Crippen molar-refractivity contribution >= 4 is 11.9 Å². The number of rotatable bonds is 3. The number of aliphatic carboxylic acids is 1. The summed E-state index contributed by atoms with van der Waals surface area (Å²) in [6.45, 7) is 0. The van der Waals surface area contributed by atoms with E-state index in [1.807, 2.05) is 24.3 Å². The lowest BCUT2D eigenvalue weighted by molar-refractivity contribution is -0.306. The number of carboxylic acids is 2. The van der Waals surface area contributed by atoms with Gasteiger partial charge in [0.25, 0.3) is 0 Å². The SMILES string of the molecule is O=C([O-])CC1Cc2ccc(C(=O)O)cc2Cc2ccccc21. The maximum absolute atomic E-state index is 11.1. The average molecular weight is 295 g/mol. The van der Waals surface area contributed by atoms with Crippen LogP contribution in [-0.4, -0.2) is 17.0 Å². The van der Waals surface area contributed by atoms with Crippen LogP contribution in [0.5, 0.6) is 0 Å². The van der Waals surface area contributed by atoms with Crippen molar-refractivity contribution < 1.29 is 19.8 Å². The Hall–Kier alpha value is -2.62. The molecule has 0 heterocycles. The summed E-state index contributed by atoms with van der Waals surface area (Å²) < 4.78 is 0. The highest BCUT2D eigenvalue weighted by molar-refractivity contribution is 5.88. The standard InChI is InChI=1S/C18H16O4/c19-17(20)10-15-7-11-5-6-13(18(21)22)9-14(11)8-12-3-1-2-4-16(12)15/h1-6,9,15H,7-8,10H2,(H,19,20)(H,21,22)/p-1. The van der Waals surface area contributed by atoms with Gasteiger partial charge in [0.15, 0.2) is 0 Å². The van der Waals surface area contributed by atoms with E-state index in [1.165, 1.54) is 0 Å². The molecule has 2 aromatic carbocycles. The van der Waals surface area contributed by atoms with Crippen molar-refractivity contribution in [1.82, 2.24) is 0 Å². The molecule has 112 valence electrons. The van der Waals surface area contributed by atoms with E-state index in [-0.39, 0.29) is 17.9 Å². The molecule has 4 nitrogen and oxygen atoms in total. The molecule has 0 aromatic heterocycles.